The first-order valence-electron chi connectivity index (χ1n) is 9.37. The van der Waals surface area contributed by atoms with Gasteiger partial charge in [0.05, 0.1) is 25.0 Å². The van der Waals surface area contributed by atoms with E-state index in [1.165, 1.54) is 0 Å². The number of rotatable bonds is 8. The van der Waals surface area contributed by atoms with Crippen LogP contribution < -0.4 is 14.8 Å². The summed E-state index contributed by atoms with van der Waals surface area (Å²) in [5.41, 5.74) is 1.92. The van der Waals surface area contributed by atoms with Crippen molar-refractivity contribution in [1.29, 1.82) is 0 Å². The first-order chi connectivity index (χ1) is 13.5. The molecule has 3 unspecified atom stereocenters. The summed E-state index contributed by atoms with van der Waals surface area (Å²) < 4.78 is 11.3. The number of nitrogens with one attached hydrogen (secondary N) is 1. The van der Waals surface area contributed by atoms with Gasteiger partial charge in [-0.15, -0.1) is 0 Å². The molecule has 0 radical (unpaired) electrons. The van der Waals surface area contributed by atoms with Crippen molar-refractivity contribution in [2.24, 2.45) is 11.8 Å². The Morgan fingerprint density at radius 3 is 2.43 bits per heavy atom. The minimum atomic E-state index is -0.902. The third kappa shape index (κ3) is 4.44. The Kier molecular flexibility index (Phi) is 6.19. The van der Waals surface area contributed by atoms with Gasteiger partial charge in [0.1, 0.15) is 6.61 Å². The standard InChI is InChI=1S/C22H25NO5/c1-14(23-21(24)17-9-10-18(17)22(25)26)16-8-11-19(20(12-16)27-2)28-13-15-6-4-3-5-7-15/h3-8,11-12,14,17-18H,9-10,13H2,1-2H3,(H,23,24)(H,25,26). The van der Waals surface area contributed by atoms with Gasteiger partial charge >= 0.3 is 5.97 Å². The molecular formula is C22H25NO5. The molecule has 6 heteroatoms. The van der Waals surface area contributed by atoms with Crippen molar-refractivity contribution in [2.45, 2.75) is 32.4 Å². The highest BCUT2D eigenvalue weighted by atomic mass is 16.5. The molecule has 1 fully saturated rings. The van der Waals surface area contributed by atoms with Crippen LogP contribution in [0.25, 0.3) is 0 Å². The molecule has 1 aliphatic rings. The van der Waals surface area contributed by atoms with Gasteiger partial charge in [-0.3, -0.25) is 9.59 Å². The number of carbonyl (C=O) groups excluding carboxylic acids is 1. The smallest absolute Gasteiger partial charge is 0.307 e. The molecule has 0 spiro atoms. The van der Waals surface area contributed by atoms with Crippen LogP contribution in [0.1, 0.15) is 36.9 Å². The summed E-state index contributed by atoms with van der Waals surface area (Å²) in [7, 11) is 1.57. The molecule has 2 aromatic carbocycles. The van der Waals surface area contributed by atoms with E-state index in [1.807, 2.05) is 55.5 Å². The molecule has 3 rings (SSSR count). The third-order valence-corrected chi connectivity index (χ3v) is 5.21. The molecule has 0 saturated heterocycles. The Morgan fingerprint density at radius 2 is 1.82 bits per heavy atom. The zero-order valence-electron chi connectivity index (χ0n) is 16.1. The summed E-state index contributed by atoms with van der Waals surface area (Å²) in [6.45, 7) is 2.30. The van der Waals surface area contributed by atoms with Crippen molar-refractivity contribution < 1.29 is 24.2 Å². The number of ether oxygens (including phenoxy) is 2. The minimum Gasteiger partial charge on any atom is -0.493 e. The summed E-state index contributed by atoms with van der Waals surface area (Å²) in [5, 5.41) is 12.0. The summed E-state index contributed by atoms with van der Waals surface area (Å²) in [4.78, 5) is 23.5. The van der Waals surface area contributed by atoms with Gasteiger partial charge in [0.25, 0.3) is 0 Å². The Balaban J connectivity index is 1.63. The average molecular weight is 383 g/mol. The highest BCUT2D eigenvalue weighted by Gasteiger charge is 2.41. The first-order valence-corrected chi connectivity index (χ1v) is 9.37. The number of methoxy groups -OCH3 is 1. The molecule has 3 atom stereocenters. The van der Waals surface area contributed by atoms with Crippen molar-refractivity contribution in [2.75, 3.05) is 7.11 Å². The molecule has 6 nitrogen and oxygen atoms in total. The molecule has 0 heterocycles. The predicted molar refractivity (Wildman–Crippen MR) is 104 cm³/mol. The van der Waals surface area contributed by atoms with Crippen LogP contribution in [0.5, 0.6) is 11.5 Å². The zero-order chi connectivity index (χ0) is 20.1. The SMILES string of the molecule is COc1cc(C(C)NC(=O)C2CCC2C(=O)O)ccc1OCc1ccccc1. The lowest BCUT2D eigenvalue weighted by molar-refractivity contribution is -0.152. The monoisotopic (exact) mass is 383 g/mol. The van der Waals surface area contributed by atoms with Crippen LogP contribution in [0.4, 0.5) is 0 Å². The molecule has 1 amide bonds. The zero-order valence-corrected chi connectivity index (χ0v) is 16.1. The van der Waals surface area contributed by atoms with E-state index < -0.39 is 17.8 Å². The summed E-state index contributed by atoms with van der Waals surface area (Å²) in [6.07, 6.45) is 1.17. The highest BCUT2D eigenvalue weighted by Crippen LogP contribution is 2.36. The van der Waals surface area contributed by atoms with E-state index in [2.05, 4.69) is 5.32 Å². The van der Waals surface area contributed by atoms with Crippen LogP contribution in [-0.4, -0.2) is 24.1 Å². The van der Waals surface area contributed by atoms with Crippen molar-refractivity contribution in [3.8, 4) is 11.5 Å². The van der Waals surface area contributed by atoms with Gasteiger partial charge in [-0.25, -0.2) is 0 Å². The Labute approximate surface area is 164 Å². The largest absolute Gasteiger partial charge is 0.493 e. The van der Waals surface area contributed by atoms with Gasteiger partial charge in [0.15, 0.2) is 11.5 Å². The second kappa shape index (κ2) is 8.78. The van der Waals surface area contributed by atoms with E-state index in [9.17, 15) is 9.59 Å². The summed E-state index contributed by atoms with van der Waals surface area (Å²) >= 11 is 0. The fraction of sp³-hybridized carbons (Fsp3) is 0.364. The van der Waals surface area contributed by atoms with Gasteiger partial charge < -0.3 is 19.9 Å². The number of carbonyl (C=O) groups is 2. The molecular weight excluding hydrogens is 358 g/mol. The van der Waals surface area contributed by atoms with Crippen molar-refractivity contribution in [3.63, 3.8) is 0 Å². The lowest BCUT2D eigenvalue weighted by Gasteiger charge is -2.33. The van der Waals surface area contributed by atoms with Crippen LogP contribution in [-0.2, 0) is 16.2 Å². The van der Waals surface area contributed by atoms with E-state index in [0.717, 1.165) is 11.1 Å². The molecule has 0 bridgehead atoms. The lowest BCUT2D eigenvalue weighted by Crippen LogP contribution is -2.44. The van der Waals surface area contributed by atoms with Crippen LogP contribution in [0.15, 0.2) is 48.5 Å². The van der Waals surface area contributed by atoms with Gasteiger partial charge in [0, 0.05) is 0 Å². The van der Waals surface area contributed by atoms with Crippen molar-refractivity contribution in [3.05, 3.63) is 59.7 Å². The summed E-state index contributed by atoms with van der Waals surface area (Å²) in [6, 6.07) is 15.1. The van der Waals surface area contributed by atoms with E-state index in [4.69, 9.17) is 14.6 Å². The van der Waals surface area contributed by atoms with E-state index in [0.29, 0.717) is 30.9 Å². The fourth-order valence-electron chi connectivity index (χ4n) is 3.32. The molecule has 2 N–H and O–H groups in total. The topological polar surface area (TPSA) is 84.9 Å². The summed E-state index contributed by atoms with van der Waals surface area (Å²) in [5.74, 6) is -0.930. The Hall–Kier alpha value is -3.02. The minimum absolute atomic E-state index is 0.213. The van der Waals surface area contributed by atoms with Gasteiger partial charge in [0.2, 0.25) is 5.91 Å². The van der Waals surface area contributed by atoms with Gasteiger partial charge in [-0.1, -0.05) is 36.4 Å². The van der Waals surface area contributed by atoms with Crippen LogP contribution in [0.3, 0.4) is 0 Å². The van der Waals surface area contributed by atoms with Crippen molar-refractivity contribution in [1.82, 2.24) is 5.32 Å². The first kappa shape index (κ1) is 19.7. The molecule has 0 aromatic heterocycles. The maximum atomic E-state index is 12.4. The van der Waals surface area contributed by atoms with E-state index >= 15 is 0 Å². The van der Waals surface area contributed by atoms with Gasteiger partial charge in [-0.2, -0.15) is 0 Å². The second-order valence-corrected chi connectivity index (χ2v) is 7.04. The Morgan fingerprint density at radius 1 is 1.11 bits per heavy atom. The third-order valence-electron chi connectivity index (χ3n) is 5.21. The number of aliphatic carboxylic acids is 1. The fourth-order valence-corrected chi connectivity index (χ4v) is 3.32. The highest BCUT2D eigenvalue weighted by molar-refractivity contribution is 5.86. The lowest BCUT2D eigenvalue weighted by atomic mass is 9.73. The molecule has 2 aromatic rings. The number of hydrogen-bond acceptors (Lipinski definition) is 4. The number of carboxylic acid groups (broad SMARTS) is 1. The predicted octanol–water partition coefficient (Wildman–Crippen LogP) is 3.56. The quantitative estimate of drug-likeness (QED) is 0.728. The molecule has 28 heavy (non-hydrogen) atoms. The maximum absolute atomic E-state index is 12.4. The second-order valence-electron chi connectivity index (χ2n) is 7.04. The molecule has 0 aliphatic heterocycles. The number of carboxylic acids is 1. The molecule has 1 saturated carbocycles. The molecule has 1 aliphatic carbocycles. The number of amides is 1. The molecule has 148 valence electrons. The Bertz CT molecular complexity index is 836. The number of hydrogen-bond donors (Lipinski definition) is 2. The van der Waals surface area contributed by atoms with E-state index in [1.54, 1.807) is 7.11 Å². The number of benzene rings is 2. The maximum Gasteiger partial charge on any atom is 0.307 e. The van der Waals surface area contributed by atoms with Crippen LogP contribution in [0, 0.1) is 11.8 Å². The average Bonchev–Trinajstić information content (AvgIpc) is 2.65. The van der Waals surface area contributed by atoms with Crippen LogP contribution >= 0.6 is 0 Å². The van der Waals surface area contributed by atoms with Crippen LogP contribution in [0.2, 0.25) is 0 Å². The van der Waals surface area contributed by atoms with Gasteiger partial charge in [-0.05, 0) is 43.0 Å². The van der Waals surface area contributed by atoms with Crippen molar-refractivity contribution >= 4 is 11.9 Å². The normalized spacial score (nSPS) is 19.2. The van der Waals surface area contributed by atoms with E-state index in [-0.39, 0.29) is 11.9 Å².